The maximum absolute atomic E-state index is 13.6. The van der Waals surface area contributed by atoms with Gasteiger partial charge in [-0.3, -0.25) is 0 Å². The number of benzene rings is 1. The summed E-state index contributed by atoms with van der Waals surface area (Å²) >= 11 is 2.23. The molecule has 0 aliphatic carbocycles. The lowest BCUT2D eigenvalue weighted by Crippen LogP contribution is -2.15. The SMILES string of the molecule is Fc1ccccc1C(CI)OCC1CCOC1. The van der Waals surface area contributed by atoms with E-state index in [-0.39, 0.29) is 11.9 Å². The molecule has 0 bridgehead atoms. The van der Waals surface area contributed by atoms with Crippen molar-refractivity contribution < 1.29 is 13.9 Å². The number of rotatable bonds is 5. The average Bonchev–Trinajstić information content (AvgIpc) is 2.85. The quantitative estimate of drug-likeness (QED) is 0.599. The van der Waals surface area contributed by atoms with Gasteiger partial charge in [0.05, 0.1) is 19.3 Å². The molecule has 4 heteroatoms. The van der Waals surface area contributed by atoms with E-state index < -0.39 is 0 Å². The van der Waals surface area contributed by atoms with E-state index in [0.29, 0.717) is 18.1 Å². The minimum absolute atomic E-state index is 0.155. The van der Waals surface area contributed by atoms with Crippen molar-refractivity contribution in [2.75, 3.05) is 24.2 Å². The summed E-state index contributed by atoms with van der Waals surface area (Å²) in [6, 6.07) is 6.83. The summed E-state index contributed by atoms with van der Waals surface area (Å²) in [7, 11) is 0. The summed E-state index contributed by atoms with van der Waals surface area (Å²) in [6.45, 7) is 2.25. The van der Waals surface area contributed by atoms with Gasteiger partial charge in [0.15, 0.2) is 0 Å². The molecule has 1 fully saturated rings. The smallest absolute Gasteiger partial charge is 0.129 e. The Bertz CT molecular complexity index is 353. The van der Waals surface area contributed by atoms with E-state index in [1.54, 1.807) is 12.1 Å². The first kappa shape index (κ1) is 13.2. The van der Waals surface area contributed by atoms with Gasteiger partial charge in [-0.15, -0.1) is 0 Å². The summed E-state index contributed by atoms with van der Waals surface area (Å²) in [5.41, 5.74) is 0.654. The van der Waals surface area contributed by atoms with E-state index >= 15 is 0 Å². The molecular formula is C13H16FIO2. The van der Waals surface area contributed by atoms with Gasteiger partial charge in [0.1, 0.15) is 5.82 Å². The fraction of sp³-hybridized carbons (Fsp3) is 0.538. The Hall–Kier alpha value is -0.200. The van der Waals surface area contributed by atoms with E-state index in [4.69, 9.17) is 9.47 Å². The molecule has 94 valence electrons. The first-order valence-electron chi connectivity index (χ1n) is 5.81. The summed E-state index contributed by atoms with van der Waals surface area (Å²) in [5, 5.41) is 0. The van der Waals surface area contributed by atoms with Crippen molar-refractivity contribution in [2.45, 2.75) is 12.5 Å². The van der Waals surface area contributed by atoms with Gasteiger partial charge in [0, 0.05) is 22.5 Å². The maximum atomic E-state index is 13.6. The number of ether oxygens (including phenoxy) is 2. The summed E-state index contributed by atoms with van der Waals surface area (Å²) in [4.78, 5) is 0. The Balaban J connectivity index is 1.94. The van der Waals surface area contributed by atoms with Crippen molar-refractivity contribution >= 4 is 22.6 Å². The Morgan fingerprint density at radius 3 is 2.94 bits per heavy atom. The van der Waals surface area contributed by atoms with Crippen molar-refractivity contribution in [3.05, 3.63) is 35.6 Å². The highest BCUT2D eigenvalue weighted by Gasteiger charge is 2.20. The Kier molecular flexibility index (Phi) is 5.18. The van der Waals surface area contributed by atoms with E-state index in [2.05, 4.69) is 22.6 Å². The van der Waals surface area contributed by atoms with E-state index in [9.17, 15) is 4.39 Å². The first-order chi connectivity index (χ1) is 8.31. The number of alkyl halides is 1. The lowest BCUT2D eigenvalue weighted by molar-refractivity contribution is 0.0383. The van der Waals surface area contributed by atoms with Gasteiger partial charge in [-0.2, -0.15) is 0 Å². The lowest BCUT2D eigenvalue weighted by atomic mass is 10.1. The third kappa shape index (κ3) is 3.63. The van der Waals surface area contributed by atoms with Crippen LogP contribution in [0.1, 0.15) is 18.1 Å². The molecule has 0 aromatic heterocycles. The molecule has 0 N–H and O–H groups in total. The van der Waals surface area contributed by atoms with Gasteiger partial charge in [-0.05, 0) is 12.5 Å². The van der Waals surface area contributed by atoms with Crippen molar-refractivity contribution in [3.63, 3.8) is 0 Å². The predicted octanol–water partition coefficient (Wildman–Crippen LogP) is 3.35. The van der Waals surface area contributed by atoms with Gasteiger partial charge in [-0.1, -0.05) is 40.8 Å². The van der Waals surface area contributed by atoms with E-state index in [0.717, 1.165) is 24.1 Å². The van der Waals surface area contributed by atoms with Crippen molar-refractivity contribution in [2.24, 2.45) is 5.92 Å². The minimum Gasteiger partial charge on any atom is -0.381 e. The number of hydrogen-bond acceptors (Lipinski definition) is 2. The third-order valence-corrected chi connectivity index (χ3v) is 3.75. The van der Waals surface area contributed by atoms with Crippen LogP contribution in [0.3, 0.4) is 0 Å². The van der Waals surface area contributed by atoms with Crippen molar-refractivity contribution in [3.8, 4) is 0 Å². The molecule has 1 heterocycles. The van der Waals surface area contributed by atoms with E-state index in [1.165, 1.54) is 6.07 Å². The monoisotopic (exact) mass is 350 g/mol. The largest absolute Gasteiger partial charge is 0.381 e. The Morgan fingerprint density at radius 2 is 2.29 bits per heavy atom. The van der Waals surface area contributed by atoms with Crippen LogP contribution in [0.2, 0.25) is 0 Å². The second kappa shape index (κ2) is 6.66. The fourth-order valence-electron chi connectivity index (χ4n) is 1.92. The Morgan fingerprint density at radius 1 is 1.47 bits per heavy atom. The molecule has 17 heavy (non-hydrogen) atoms. The van der Waals surface area contributed by atoms with Crippen LogP contribution in [0.4, 0.5) is 4.39 Å². The molecule has 0 amide bonds. The van der Waals surface area contributed by atoms with Crippen molar-refractivity contribution in [1.82, 2.24) is 0 Å². The van der Waals surface area contributed by atoms with Gasteiger partial charge in [0.2, 0.25) is 0 Å². The molecule has 2 unspecified atom stereocenters. The molecule has 1 aliphatic rings. The normalized spacial score (nSPS) is 21.6. The molecule has 1 aromatic carbocycles. The molecule has 1 aliphatic heterocycles. The topological polar surface area (TPSA) is 18.5 Å². The Labute approximate surface area is 115 Å². The molecule has 0 radical (unpaired) electrons. The summed E-state index contributed by atoms with van der Waals surface area (Å²) in [5.74, 6) is 0.282. The molecule has 2 atom stereocenters. The van der Waals surface area contributed by atoms with Crippen LogP contribution in [-0.2, 0) is 9.47 Å². The second-order valence-corrected chi connectivity index (χ2v) is 5.11. The highest BCUT2D eigenvalue weighted by Crippen LogP contribution is 2.24. The van der Waals surface area contributed by atoms with Crippen molar-refractivity contribution in [1.29, 1.82) is 0 Å². The van der Waals surface area contributed by atoms with Gasteiger partial charge in [0.25, 0.3) is 0 Å². The average molecular weight is 350 g/mol. The zero-order valence-electron chi connectivity index (χ0n) is 9.57. The van der Waals surface area contributed by atoms with Crippen LogP contribution in [0, 0.1) is 11.7 Å². The van der Waals surface area contributed by atoms with Gasteiger partial charge >= 0.3 is 0 Å². The zero-order valence-corrected chi connectivity index (χ0v) is 11.7. The number of halogens is 2. The van der Waals surface area contributed by atoms with Crippen LogP contribution in [-0.4, -0.2) is 24.2 Å². The number of hydrogen-bond donors (Lipinski definition) is 0. The maximum Gasteiger partial charge on any atom is 0.129 e. The van der Waals surface area contributed by atoms with Gasteiger partial charge < -0.3 is 9.47 Å². The lowest BCUT2D eigenvalue weighted by Gasteiger charge is -2.18. The highest BCUT2D eigenvalue weighted by molar-refractivity contribution is 14.1. The van der Waals surface area contributed by atoms with Crippen LogP contribution in [0.25, 0.3) is 0 Å². The third-order valence-electron chi connectivity index (χ3n) is 2.95. The standard InChI is InChI=1S/C13H16FIO2/c14-12-4-2-1-3-11(12)13(7-15)17-9-10-5-6-16-8-10/h1-4,10,13H,5-9H2. The minimum atomic E-state index is -0.183. The molecule has 1 saturated heterocycles. The molecule has 0 spiro atoms. The summed E-state index contributed by atoms with van der Waals surface area (Å²) < 4.78 is 25.5. The highest BCUT2D eigenvalue weighted by atomic mass is 127. The zero-order chi connectivity index (χ0) is 12.1. The van der Waals surface area contributed by atoms with Crippen LogP contribution in [0.15, 0.2) is 24.3 Å². The van der Waals surface area contributed by atoms with Crippen LogP contribution >= 0.6 is 22.6 Å². The first-order valence-corrected chi connectivity index (χ1v) is 7.33. The summed E-state index contributed by atoms with van der Waals surface area (Å²) in [6.07, 6.45) is 0.892. The molecular weight excluding hydrogens is 334 g/mol. The predicted molar refractivity (Wildman–Crippen MR) is 72.9 cm³/mol. The van der Waals surface area contributed by atoms with Crippen LogP contribution in [0.5, 0.6) is 0 Å². The molecule has 1 aromatic rings. The fourth-order valence-corrected chi connectivity index (χ4v) is 2.65. The second-order valence-electron chi connectivity index (χ2n) is 4.23. The molecule has 0 saturated carbocycles. The van der Waals surface area contributed by atoms with Gasteiger partial charge in [-0.25, -0.2) is 4.39 Å². The molecule has 2 nitrogen and oxygen atoms in total. The van der Waals surface area contributed by atoms with Crippen LogP contribution < -0.4 is 0 Å². The molecule has 2 rings (SSSR count). The van der Waals surface area contributed by atoms with E-state index in [1.807, 2.05) is 6.07 Å².